The quantitative estimate of drug-likeness (QED) is 0.926. The van der Waals surface area contributed by atoms with Crippen LogP contribution in [0.25, 0.3) is 5.69 Å². The predicted octanol–water partition coefficient (Wildman–Crippen LogP) is 2.96. The lowest BCUT2D eigenvalue weighted by atomic mass is 10.1. The van der Waals surface area contributed by atoms with Crippen LogP contribution in [0.4, 0.5) is 0 Å². The molecular weight excluding hydrogens is 246 g/mol. The van der Waals surface area contributed by atoms with Crippen LogP contribution in [-0.2, 0) is 19.4 Å². The molecule has 0 radical (unpaired) electrons. The number of aromatic nitrogens is 2. The second kappa shape index (κ2) is 4.74. The van der Waals surface area contributed by atoms with Gasteiger partial charge >= 0.3 is 0 Å². The van der Waals surface area contributed by atoms with E-state index in [1.165, 1.54) is 41.3 Å². The normalized spacial score (nSPS) is 18.1. The van der Waals surface area contributed by atoms with Gasteiger partial charge < -0.3 is 9.88 Å². The molecule has 20 heavy (non-hydrogen) atoms. The number of nitrogens with one attached hydrogen (secondary N) is 1. The first-order valence-corrected chi connectivity index (χ1v) is 7.77. The summed E-state index contributed by atoms with van der Waals surface area (Å²) in [6.45, 7) is 4.21. The Bertz CT molecular complexity index is 638. The molecule has 104 valence electrons. The minimum atomic E-state index is 0.686. The molecule has 4 rings (SSSR count). The van der Waals surface area contributed by atoms with E-state index in [0.717, 1.165) is 25.9 Å². The third kappa shape index (κ3) is 1.97. The molecule has 1 N–H and O–H groups in total. The van der Waals surface area contributed by atoms with E-state index in [1.54, 1.807) is 0 Å². The van der Waals surface area contributed by atoms with E-state index >= 15 is 0 Å². The molecule has 0 saturated heterocycles. The molecule has 1 aliphatic carbocycles. The number of aryl methyl sites for hydroxylation is 1. The first kappa shape index (κ1) is 12.2. The van der Waals surface area contributed by atoms with Gasteiger partial charge in [-0.2, -0.15) is 0 Å². The summed E-state index contributed by atoms with van der Waals surface area (Å²) in [5.74, 6) is 1.98. The van der Waals surface area contributed by atoms with Crippen LogP contribution >= 0.6 is 0 Å². The van der Waals surface area contributed by atoms with Crippen LogP contribution in [0.2, 0.25) is 0 Å². The van der Waals surface area contributed by atoms with Crippen LogP contribution in [0.15, 0.2) is 24.3 Å². The van der Waals surface area contributed by atoms with Gasteiger partial charge in [0.25, 0.3) is 0 Å². The van der Waals surface area contributed by atoms with Gasteiger partial charge in [-0.25, -0.2) is 4.98 Å². The van der Waals surface area contributed by atoms with Crippen LogP contribution in [0.1, 0.15) is 48.5 Å². The van der Waals surface area contributed by atoms with E-state index in [-0.39, 0.29) is 0 Å². The van der Waals surface area contributed by atoms with Gasteiger partial charge in [0.05, 0.1) is 5.69 Å². The Morgan fingerprint density at radius 1 is 1.35 bits per heavy atom. The summed E-state index contributed by atoms with van der Waals surface area (Å²) in [7, 11) is 0. The van der Waals surface area contributed by atoms with E-state index in [0.29, 0.717) is 5.92 Å². The molecular formula is C17H21N3. The molecule has 2 heterocycles. The molecule has 0 amide bonds. The lowest BCUT2D eigenvalue weighted by molar-refractivity contribution is 0.620. The van der Waals surface area contributed by atoms with Crippen molar-refractivity contribution in [2.45, 2.75) is 45.1 Å². The zero-order chi connectivity index (χ0) is 13.5. The van der Waals surface area contributed by atoms with Gasteiger partial charge in [-0.15, -0.1) is 0 Å². The number of benzene rings is 1. The van der Waals surface area contributed by atoms with Crippen LogP contribution in [-0.4, -0.2) is 16.1 Å². The fourth-order valence-electron chi connectivity index (χ4n) is 3.15. The molecule has 1 aromatic carbocycles. The average molecular weight is 267 g/mol. The minimum absolute atomic E-state index is 0.686. The van der Waals surface area contributed by atoms with Gasteiger partial charge in [-0.1, -0.05) is 19.1 Å². The number of hydrogen-bond acceptors (Lipinski definition) is 2. The fraction of sp³-hybridized carbons (Fsp3) is 0.471. The largest absolute Gasteiger partial charge is 0.311 e. The Balaban J connectivity index is 1.88. The van der Waals surface area contributed by atoms with Gasteiger partial charge in [0.1, 0.15) is 5.82 Å². The van der Waals surface area contributed by atoms with E-state index in [4.69, 9.17) is 4.98 Å². The Labute approximate surface area is 120 Å². The highest BCUT2D eigenvalue weighted by atomic mass is 15.1. The summed E-state index contributed by atoms with van der Waals surface area (Å²) in [6.07, 6.45) is 4.78. The van der Waals surface area contributed by atoms with Crippen LogP contribution in [0, 0.1) is 0 Å². The number of imidazole rings is 1. The average Bonchev–Trinajstić information content (AvgIpc) is 3.27. The third-order valence-electron chi connectivity index (χ3n) is 4.43. The number of rotatable bonds is 3. The Morgan fingerprint density at radius 2 is 2.25 bits per heavy atom. The fourth-order valence-corrected chi connectivity index (χ4v) is 3.15. The third-order valence-corrected chi connectivity index (χ3v) is 4.43. The number of hydrogen-bond donors (Lipinski definition) is 1. The molecule has 1 saturated carbocycles. The van der Waals surface area contributed by atoms with Crippen molar-refractivity contribution in [2.24, 2.45) is 0 Å². The van der Waals surface area contributed by atoms with Crippen molar-refractivity contribution < 1.29 is 0 Å². The first-order chi connectivity index (χ1) is 9.86. The lowest BCUT2D eigenvalue weighted by Gasteiger charge is -2.17. The van der Waals surface area contributed by atoms with Crippen molar-refractivity contribution in [2.75, 3.05) is 6.54 Å². The first-order valence-electron chi connectivity index (χ1n) is 7.77. The van der Waals surface area contributed by atoms with E-state index < -0.39 is 0 Å². The second-order valence-corrected chi connectivity index (χ2v) is 5.92. The van der Waals surface area contributed by atoms with Gasteiger partial charge in [0.15, 0.2) is 0 Å². The molecule has 0 spiro atoms. The maximum Gasteiger partial charge on any atom is 0.116 e. The molecule has 0 atom stereocenters. The van der Waals surface area contributed by atoms with Crippen molar-refractivity contribution >= 4 is 0 Å². The Hall–Kier alpha value is -1.61. The van der Waals surface area contributed by atoms with Crippen LogP contribution in [0.3, 0.4) is 0 Å². The summed E-state index contributed by atoms with van der Waals surface area (Å²) in [4.78, 5) is 4.95. The Kier molecular flexibility index (Phi) is 2.88. The highest BCUT2D eigenvalue weighted by Crippen LogP contribution is 2.41. The monoisotopic (exact) mass is 267 g/mol. The molecule has 1 aromatic heterocycles. The van der Waals surface area contributed by atoms with Crippen LogP contribution < -0.4 is 5.32 Å². The molecule has 3 nitrogen and oxygen atoms in total. The lowest BCUT2D eigenvalue weighted by Crippen LogP contribution is -2.24. The minimum Gasteiger partial charge on any atom is -0.311 e. The van der Waals surface area contributed by atoms with Crippen molar-refractivity contribution in [3.05, 3.63) is 47.0 Å². The molecule has 0 bridgehead atoms. The zero-order valence-electron chi connectivity index (χ0n) is 12.0. The van der Waals surface area contributed by atoms with Gasteiger partial charge in [0, 0.05) is 36.8 Å². The van der Waals surface area contributed by atoms with E-state index in [1.807, 2.05) is 0 Å². The van der Waals surface area contributed by atoms with Gasteiger partial charge in [0.2, 0.25) is 0 Å². The van der Waals surface area contributed by atoms with Crippen molar-refractivity contribution in [3.63, 3.8) is 0 Å². The second-order valence-electron chi connectivity index (χ2n) is 5.92. The number of nitrogens with zero attached hydrogens (tertiary/aromatic N) is 2. The number of fused-ring (bicyclic) bond motifs is 1. The molecule has 0 unspecified atom stereocenters. The van der Waals surface area contributed by atoms with Crippen molar-refractivity contribution in [1.29, 1.82) is 0 Å². The van der Waals surface area contributed by atoms with Crippen molar-refractivity contribution in [1.82, 2.24) is 14.9 Å². The standard InChI is InChI=1S/C17H21N3/c1-2-12-4-3-5-14(10-12)20-16-8-9-18-11-15(16)19-17(20)13-6-7-13/h3-5,10,13,18H,2,6-9,11H2,1H3. The highest BCUT2D eigenvalue weighted by molar-refractivity contribution is 5.42. The van der Waals surface area contributed by atoms with E-state index in [9.17, 15) is 0 Å². The molecule has 3 heteroatoms. The summed E-state index contributed by atoms with van der Waals surface area (Å²) < 4.78 is 2.45. The molecule has 2 aliphatic rings. The molecule has 1 fully saturated rings. The molecule has 1 aliphatic heterocycles. The topological polar surface area (TPSA) is 29.9 Å². The zero-order valence-corrected chi connectivity index (χ0v) is 12.0. The maximum absolute atomic E-state index is 4.95. The van der Waals surface area contributed by atoms with E-state index in [2.05, 4.69) is 41.1 Å². The summed E-state index contributed by atoms with van der Waals surface area (Å²) in [6, 6.07) is 8.95. The maximum atomic E-state index is 4.95. The Morgan fingerprint density at radius 3 is 3.05 bits per heavy atom. The van der Waals surface area contributed by atoms with Crippen molar-refractivity contribution in [3.8, 4) is 5.69 Å². The highest BCUT2D eigenvalue weighted by Gasteiger charge is 2.32. The summed E-state index contributed by atoms with van der Waals surface area (Å²) >= 11 is 0. The summed E-state index contributed by atoms with van der Waals surface area (Å²) in [5.41, 5.74) is 5.40. The van der Waals surface area contributed by atoms with Gasteiger partial charge in [-0.05, 0) is 37.0 Å². The smallest absolute Gasteiger partial charge is 0.116 e. The van der Waals surface area contributed by atoms with Gasteiger partial charge in [-0.3, -0.25) is 0 Å². The van der Waals surface area contributed by atoms with Crippen LogP contribution in [0.5, 0.6) is 0 Å². The SMILES string of the molecule is CCc1cccc(-n2c(C3CC3)nc3c2CCNC3)c1. The predicted molar refractivity (Wildman–Crippen MR) is 80.3 cm³/mol. The molecule has 2 aromatic rings. The summed E-state index contributed by atoms with van der Waals surface area (Å²) in [5, 5.41) is 3.44.